The van der Waals surface area contributed by atoms with Crippen molar-refractivity contribution in [1.29, 1.82) is 0 Å². The summed E-state index contributed by atoms with van der Waals surface area (Å²) in [4.78, 5) is 15.4. The molecule has 0 radical (unpaired) electrons. The quantitative estimate of drug-likeness (QED) is 0.812. The van der Waals surface area contributed by atoms with E-state index in [0.29, 0.717) is 17.1 Å². The number of nitrogens with two attached hydrogens (primary N) is 1. The molecule has 1 amide bonds. The smallest absolute Gasteiger partial charge is 0.252 e. The molecule has 0 bridgehead atoms. The maximum absolute atomic E-state index is 11.6. The van der Waals surface area contributed by atoms with Crippen LogP contribution in [0.5, 0.6) is 0 Å². The van der Waals surface area contributed by atoms with Crippen molar-refractivity contribution in [2.45, 2.75) is 19.4 Å². The zero-order valence-corrected chi connectivity index (χ0v) is 9.29. The van der Waals surface area contributed by atoms with Crippen LogP contribution in [0.15, 0.2) is 18.5 Å². The molecule has 0 aliphatic carbocycles. The van der Waals surface area contributed by atoms with E-state index in [1.165, 1.54) is 12.4 Å². The van der Waals surface area contributed by atoms with E-state index >= 15 is 0 Å². The fourth-order valence-electron chi connectivity index (χ4n) is 1.07. The molecular formula is C10H14ClN3O. The van der Waals surface area contributed by atoms with Crippen LogP contribution in [-0.4, -0.2) is 23.5 Å². The van der Waals surface area contributed by atoms with Crippen molar-refractivity contribution in [3.8, 4) is 0 Å². The fraction of sp³-hybridized carbons (Fsp3) is 0.400. The molecule has 1 unspecified atom stereocenters. The highest BCUT2D eigenvalue weighted by molar-refractivity contribution is 6.33. The lowest BCUT2D eigenvalue weighted by atomic mass is 10.2. The van der Waals surface area contributed by atoms with E-state index in [0.717, 1.165) is 6.42 Å². The number of pyridine rings is 1. The van der Waals surface area contributed by atoms with Gasteiger partial charge in [-0.05, 0) is 19.4 Å². The molecule has 0 spiro atoms. The van der Waals surface area contributed by atoms with Crippen molar-refractivity contribution in [1.82, 2.24) is 10.3 Å². The van der Waals surface area contributed by atoms with Gasteiger partial charge in [-0.2, -0.15) is 0 Å². The van der Waals surface area contributed by atoms with Crippen LogP contribution >= 0.6 is 11.6 Å². The van der Waals surface area contributed by atoms with Gasteiger partial charge in [-0.3, -0.25) is 9.78 Å². The summed E-state index contributed by atoms with van der Waals surface area (Å²) in [6.45, 7) is 2.45. The predicted octanol–water partition coefficient (Wildman–Crippen LogP) is 1.20. The van der Waals surface area contributed by atoms with E-state index in [1.54, 1.807) is 6.07 Å². The summed E-state index contributed by atoms with van der Waals surface area (Å²) in [5.41, 5.74) is 6.00. The van der Waals surface area contributed by atoms with Gasteiger partial charge >= 0.3 is 0 Å². The van der Waals surface area contributed by atoms with Gasteiger partial charge in [0.05, 0.1) is 10.6 Å². The molecule has 0 saturated heterocycles. The van der Waals surface area contributed by atoms with Crippen LogP contribution in [0.25, 0.3) is 0 Å². The number of halogens is 1. The Morgan fingerprint density at radius 2 is 2.47 bits per heavy atom. The molecule has 82 valence electrons. The second-order valence-electron chi connectivity index (χ2n) is 3.38. The standard InChI is InChI=1S/C10H14ClN3O/c1-7(12)2-5-14-10(15)8-3-4-13-6-9(8)11/h3-4,6-7H,2,5,12H2,1H3,(H,14,15). The number of hydrogen-bond donors (Lipinski definition) is 2. The summed E-state index contributed by atoms with van der Waals surface area (Å²) < 4.78 is 0. The summed E-state index contributed by atoms with van der Waals surface area (Å²) in [6, 6.07) is 1.67. The molecule has 0 aromatic carbocycles. The molecule has 5 heteroatoms. The first-order valence-corrected chi connectivity index (χ1v) is 5.12. The van der Waals surface area contributed by atoms with Gasteiger partial charge in [0.25, 0.3) is 5.91 Å². The number of aromatic nitrogens is 1. The van der Waals surface area contributed by atoms with E-state index in [9.17, 15) is 4.79 Å². The Morgan fingerprint density at radius 3 is 3.07 bits per heavy atom. The van der Waals surface area contributed by atoms with Crippen LogP contribution < -0.4 is 11.1 Å². The summed E-state index contributed by atoms with van der Waals surface area (Å²) in [7, 11) is 0. The van der Waals surface area contributed by atoms with E-state index in [4.69, 9.17) is 17.3 Å². The summed E-state index contributed by atoms with van der Waals surface area (Å²) in [5.74, 6) is -0.192. The van der Waals surface area contributed by atoms with Crippen molar-refractivity contribution >= 4 is 17.5 Å². The van der Waals surface area contributed by atoms with Crippen LogP contribution in [0.2, 0.25) is 5.02 Å². The minimum atomic E-state index is -0.192. The average Bonchev–Trinajstić information content (AvgIpc) is 2.17. The van der Waals surface area contributed by atoms with Gasteiger partial charge in [0.1, 0.15) is 0 Å². The molecule has 1 aromatic rings. The first kappa shape index (κ1) is 11.9. The molecule has 3 N–H and O–H groups in total. The van der Waals surface area contributed by atoms with Crippen LogP contribution in [-0.2, 0) is 0 Å². The van der Waals surface area contributed by atoms with Crippen LogP contribution in [0, 0.1) is 0 Å². The number of nitrogens with one attached hydrogen (secondary N) is 1. The molecule has 1 rings (SSSR count). The molecule has 15 heavy (non-hydrogen) atoms. The Kier molecular flexibility index (Phi) is 4.52. The lowest BCUT2D eigenvalue weighted by Crippen LogP contribution is -2.29. The number of carbonyl (C=O) groups is 1. The first-order chi connectivity index (χ1) is 7.11. The van der Waals surface area contributed by atoms with Crippen molar-refractivity contribution in [3.63, 3.8) is 0 Å². The minimum absolute atomic E-state index is 0.0817. The molecule has 1 aromatic heterocycles. The van der Waals surface area contributed by atoms with Crippen molar-refractivity contribution in [2.75, 3.05) is 6.54 Å². The maximum Gasteiger partial charge on any atom is 0.252 e. The first-order valence-electron chi connectivity index (χ1n) is 4.74. The van der Waals surface area contributed by atoms with Crippen LogP contribution in [0.4, 0.5) is 0 Å². The zero-order chi connectivity index (χ0) is 11.3. The van der Waals surface area contributed by atoms with Crippen molar-refractivity contribution < 1.29 is 4.79 Å². The monoisotopic (exact) mass is 227 g/mol. The molecule has 0 saturated carbocycles. The minimum Gasteiger partial charge on any atom is -0.352 e. The third kappa shape index (κ3) is 3.85. The molecule has 0 aliphatic rings. The van der Waals surface area contributed by atoms with E-state index < -0.39 is 0 Å². The molecule has 1 atom stereocenters. The third-order valence-electron chi connectivity index (χ3n) is 1.90. The molecule has 0 aliphatic heterocycles. The van der Waals surface area contributed by atoms with Crippen LogP contribution in [0.3, 0.4) is 0 Å². The average molecular weight is 228 g/mol. The number of carbonyl (C=O) groups excluding carboxylic acids is 1. The van der Waals surface area contributed by atoms with E-state index in [1.807, 2.05) is 6.92 Å². The van der Waals surface area contributed by atoms with Crippen molar-refractivity contribution in [3.05, 3.63) is 29.0 Å². The number of amides is 1. The highest BCUT2D eigenvalue weighted by Gasteiger charge is 2.08. The van der Waals surface area contributed by atoms with Gasteiger partial charge in [-0.1, -0.05) is 11.6 Å². The Balaban J connectivity index is 2.51. The van der Waals surface area contributed by atoms with Gasteiger partial charge in [-0.25, -0.2) is 0 Å². The summed E-state index contributed by atoms with van der Waals surface area (Å²) in [5, 5.41) is 3.10. The second-order valence-corrected chi connectivity index (χ2v) is 3.78. The Morgan fingerprint density at radius 1 is 1.73 bits per heavy atom. The lowest BCUT2D eigenvalue weighted by Gasteiger charge is -2.07. The highest BCUT2D eigenvalue weighted by atomic mass is 35.5. The van der Waals surface area contributed by atoms with E-state index in [-0.39, 0.29) is 11.9 Å². The largest absolute Gasteiger partial charge is 0.352 e. The van der Waals surface area contributed by atoms with Gasteiger partial charge in [0, 0.05) is 25.0 Å². The molecular weight excluding hydrogens is 214 g/mol. The molecule has 1 heterocycles. The normalized spacial score (nSPS) is 12.2. The van der Waals surface area contributed by atoms with Gasteiger partial charge < -0.3 is 11.1 Å². The van der Waals surface area contributed by atoms with Crippen LogP contribution in [0.1, 0.15) is 23.7 Å². The second kappa shape index (κ2) is 5.68. The Labute approximate surface area is 93.8 Å². The van der Waals surface area contributed by atoms with Gasteiger partial charge in [-0.15, -0.1) is 0 Å². The summed E-state index contributed by atoms with van der Waals surface area (Å²) in [6.07, 6.45) is 3.73. The SMILES string of the molecule is CC(N)CCNC(=O)c1ccncc1Cl. The Bertz CT molecular complexity index is 341. The van der Waals surface area contributed by atoms with E-state index in [2.05, 4.69) is 10.3 Å². The fourth-order valence-corrected chi connectivity index (χ4v) is 1.27. The molecule has 4 nitrogen and oxygen atoms in total. The van der Waals surface area contributed by atoms with Crippen molar-refractivity contribution in [2.24, 2.45) is 5.73 Å². The lowest BCUT2D eigenvalue weighted by molar-refractivity contribution is 0.0953. The third-order valence-corrected chi connectivity index (χ3v) is 2.20. The zero-order valence-electron chi connectivity index (χ0n) is 8.53. The maximum atomic E-state index is 11.6. The van der Waals surface area contributed by atoms with Gasteiger partial charge in [0.15, 0.2) is 0 Å². The highest BCUT2D eigenvalue weighted by Crippen LogP contribution is 2.12. The predicted molar refractivity (Wildman–Crippen MR) is 59.8 cm³/mol. The Hall–Kier alpha value is -1.13. The number of nitrogens with zero attached hydrogens (tertiary/aromatic N) is 1. The summed E-state index contributed by atoms with van der Waals surface area (Å²) >= 11 is 5.81. The topological polar surface area (TPSA) is 68.0 Å². The number of hydrogen-bond acceptors (Lipinski definition) is 3. The van der Waals surface area contributed by atoms with Gasteiger partial charge in [0.2, 0.25) is 0 Å². The number of rotatable bonds is 4. The molecule has 0 fully saturated rings.